The van der Waals surface area contributed by atoms with Crippen molar-refractivity contribution < 1.29 is 4.79 Å². The quantitative estimate of drug-likeness (QED) is 0.249. The van der Waals surface area contributed by atoms with Gasteiger partial charge >= 0.3 is 0 Å². The third-order valence-electron chi connectivity index (χ3n) is 7.68. The summed E-state index contributed by atoms with van der Waals surface area (Å²) in [4.78, 5) is 14.0. The molecule has 0 N–H and O–H groups in total. The van der Waals surface area contributed by atoms with Crippen molar-refractivity contribution in [2.24, 2.45) is 0 Å². The van der Waals surface area contributed by atoms with E-state index in [1.54, 1.807) is 0 Å². The van der Waals surface area contributed by atoms with Crippen molar-refractivity contribution in [2.45, 2.75) is 32.6 Å². The summed E-state index contributed by atoms with van der Waals surface area (Å²) in [5.74, 6) is 0.0773. The van der Waals surface area contributed by atoms with Crippen molar-refractivity contribution in [3.63, 3.8) is 0 Å². The molecule has 6 rings (SSSR count). The van der Waals surface area contributed by atoms with Crippen LogP contribution in [-0.2, 0) is 6.42 Å². The summed E-state index contributed by atoms with van der Waals surface area (Å²) in [7, 11) is 0. The summed E-state index contributed by atoms with van der Waals surface area (Å²) in [6.45, 7) is 4.58. The maximum Gasteiger partial charge on any atom is 0.270 e. The Morgan fingerprint density at radius 3 is 1.95 bits per heavy atom. The van der Waals surface area contributed by atoms with Crippen LogP contribution in [0.1, 0.15) is 40.9 Å². The summed E-state index contributed by atoms with van der Waals surface area (Å²) in [5.41, 5.74) is 7.63. The van der Waals surface area contributed by atoms with Gasteiger partial charge in [-0.05, 0) is 78.4 Å². The molecule has 2 aliphatic rings. The largest absolute Gasteiger partial charge is 0.311 e. The Morgan fingerprint density at radius 2 is 1.32 bits per heavy atom. The number of hydrogen-bond donors (Lipinski definition) is 0. The van der Waals surface area contributed by atoms with Gasteiger partial charge in [-0.15, -0.1) is 0 Å². The van der Waals surface area contributed by atoms with Crippen LogP contribution in [0.5, 0.6) is 0 Å². The number of piperidine rings is 1. The lowest BCUT2D eigenvalue weighted by atomic mass is 10.0. The first kappa shape index (κ1) is 25.5. The molecular weight excluding hydrogens is 537 g/mol. The number of nitrogens with zero attached hydrogens (tertiary/aromatic N) is 3. The van der Waals surface area contributed by atoms with Gasteiger partial charge in [-0.1, -0.05) is 71.6 Å². The van der Waals surface area contributed by atoms with Crippen LogP contribution in [0.3, 0.4) is 0 Å². The molecule has 1 saturated heterocycles. The van der Waals surface area contributed by atoms with E-state index in [9.17, 15) is 4.79 Å². The topological polar surface area (TPSA) is 28.5 Å². The minimum absolute atomic E-state index is 0.0773. The molecule has 1 amide bonds. The van der Waals surface area contributed by atoms with Crippen molar-refractivity contribution in [2.75, 3.05) is 19.6 Å². The monoisotopic (exact) mass is 563 g/mol. The van der Waals surface area contributed by atoms with E-state index in [-0.39, 0.29) is 5.91 Å². The van der Waals surface area contributed by atoms with Crippen molar-refractivity contribution in [1.29, 1.82) is 0 Å². The van der Waals surface area contributed by atoms with Gasteiger partial charge in [0.15, 0.2) is 0 Å². The standard InChI is InChI=1S/C31H28Cl3N3O/c1-20-29-28(15-18-36(31(29)38)35-16-3-2-4-17-35)37(30(20)22-7-12-25(33)13-8-22)27-14-9-23(19-26(27)34)21-5-10-24(32)11-6-21/h5-14,19H,2-4,15-18H2,1H3. The highest BCUT2D eigenvalue weighted by Gasteiger charge is 2.36. The first-order valence-electron chi connectivity index (χ1n) is 13.0. The van der Waals surface area contributed by atoms with Gasteiger partial charge in [-0.3, -0.25) is 9.80 Å². The first-order chi connectivity index (χ1) is 18.4. The predicted molar refractivity (Wildman–Crippen MR) is 157 cm³/mol. The third-order valence-corrected chi connectivity index (χ3v) is 8.49. The van der Waals surface area contributed by atoms with Gasteiger partial charge in [0.05, 0.1) is 22.0 Å². The van der Waals surface area contributed by atoms with Crippen molar-refractivity contribution in [3.8, 4) is 28.1 Å². The number of carbonyl (C=O) groups is 1. The molecular formula is C31H28Cl3N3O. The lowest BCUT2D eigenvalue weighted by molar-refractivity contribution is -0.0237. The van der Waals surface area contributed by atoms with Crippen LogP contribution in [-0.4, -0.2) is 40.1 Å². The van der Waals surface area contributed by atoms with E-state index in [1.807, 2.05) is 72.6 Å². The molecule has 4 aromatic rings. The maximum absolute atomic E-state index is 14.0. The molecule has 0 atom stereocenters. The van der Waals surface area contributed by atoms with E-state index in [1.165, 1.54) is 6.42 Å². The third kappa shape index (κ3) is 4.54. The smallest absolute Gasteiger partial charge is 0.270 e. The van der Waals surface area contributed by atoms with Crippen LogP contribution in [0.4, 0.5) is 0 Å². The molecule has 38 heavy (non-hydrogen) atoms. The number of benzene rings is 3. The molecule has 194 valence electrons. The van der Waals surface area contributed by atoms with E-state index < -0.39 is 0 Å². The van der Waals surface area contributed by atoms with Crippen LogP contribution < -0.4 is 0 Å². The molecule has 0 bridgehead atoms. The second-order valence-electron chi connectivity index (χ2n) is 10.0. The number of hydrogen-bond acceptors (Lipinski definition) is 2. The van der Waals surface area contributed by atoms with Gasteiger partial charge in [-0.2, -0.15) is 0 Å². The Balaban J connectivity index is 1.50. The number of carbonyl (C=O) groups excluding carboxylic acids is 1. The summed E-state index contributed by atoms with van der Waals surface area (Å²) in [6.07, 6.45) is 4.23. The van der Waals surface area contributed by atoms with Gasteiger partial charge < -0.3 is 4.57 Å². The molecule has 0 unspecified atom stereocenters. The molecule has 4 nitrogen and oxygen atoms in total. The van der Waals surface area contributed by atoms with Gasteiger partial charge in [0.25, 0.3) is 5.91 Å². The molecule has 1 aromatic heterocycles. The van der Waals surface area contributed by atoms with Crippen LogP contribution in [0, 0.1) is 6.92 Å². The summed E-state index contributed by atoms with van der Waals surface area (Å²) in [5, 5.41) is 6.20. The van der Waals surface area contributed by atoms with E-state index in [2.05, 4.69) is 15.6 Å². The molecule has 0 saturated carbocycles. The minimum Gasteiger partial charge on any atom is -0.311 e. The number of halogens is 3. The lowest BCUT2D eigenvalue weighted by Crippen LogP contribution is -2.51. The molecule has 0 spiro atoms. The molecule has 1 fully saturated rings. The van der Waals surface area contributed by atoms with Crippen LogP contribution in [0.15, 0.2) is 66.7 Å². The SMILES string of the molecule is Cc1c2c(n(-c3ccc(-c4ccc(Cl)cc4)cc3Cl)c1-c1ccc(Cl)cc1)CCN(N1CCCCC1)C2=O. The fraction of sp³-hybridized carbons (Fsp3) is 0.258. The normalized spacial score (nSPS) is 16.1. The zero-order valence-corrected chi connectivity index (χ0v) is 23.5. The van der Waals surface area contributed by atoms with Gasteiger partial charge in [0, 0.05) is 41.8 Å². The average molecular weight is 565 g/mol. The van der Waals surface area contributed by atoms with E-state index in [0.29, 0.717) is 21.6 Å². The van der Waals surface area contributed by atoms with Crippen LogP contribution >= 0.6 is 34.8 Å². The first-order valence-corrected chi connectivity index (χ1v) is 14.2. The van der Waals surface area contributed by atoms with E-state index >= 15 is 0 Å². The number of aromatic nitrogens is 1. The van der Waals surface area contributed by atoms with Crippen molar-refractivity contribution in [3.05, 3.63) is 98.6 Å². The Labute approximate surface area is 238 Å². The predicted octanol–water partition coefficient (Wildman–Crippen LogP) is 8.48. The summed E-state index contributed by atoms with van der Waals surface area (Å²) >= 11 is 19.3. The Bertz CT molecular complexity index is 1500. The molecule has 7 heteroatoms. The number of rotatable bonds is 4. The summed E-state index contributed by atoms with van der Waals surface area (Å²) < 4.78 is 2.19. The zero-order chi connectivity index (χ0) is 26.4. The highest BCUT2D eigenvalue weighted by Crippen LogP contribution is 2.40. The molecule has 0 radical (unpaired) electrons. The molecule has 2 aliphatic heterocycles. The number of hydrazine groups is 1. The average Bonchev–Trinajstić information content (AvgIpc) is 3.23. The van der Waals surface area contributed by atoms with Gasteiger partial charge in [0.2, 0.25) is 0 Å². The highest BCUT2D eigenvalue weighted by atomic mass is 35.5. The molecule has 0 aliphatic carbocycles. The van der Waals surface area contributed by atoms with E-state index in [4.69, 9.17) is 34.8 Å². The fourth-order valence-electron chi connectivity index (χ4n) is 5.83. The van der Waals surface area contributed by atoms with Crippen LogP contribution in [0.2, 0.25) is 15.1 Å². The second kappa shape index (κ2) is 10.4. The lowest BCUT2D eigenvalue weighted by Gasteiger charge is -2.39. The molecule has 3 heterocycles. The Hall–Kier alpha value is -2.76. The van der Waals surface area contributed by atoms with Crippen molar-refractivity contribution >= 4 is 40.7 Å². The number of fused-ring (bicyclic) bond motifs is 1. The fourth-order valence-corrected chi connectivity index (χ4v) is 6.35. The zero-order valence-electron chi connectivity index (χ0n) is 21.2. The maximum atomic E-state index is 14.0. The van der Waals surface area contributed by atoms with Crippen molar-refractivity contribution in [1.82, 2.24) is 14.6 Å². The minimum atomic E-state index is 0.0773. The molecule has 3 aromatic carbocycles. The highest BCUT2D eigenvalue weighted by molar-refractivity contribution is 6.33. The van der Waals surface area contributed by atoms with Gasteiger partial charge in [-0.25, -0.2) is 5.01 Å². The number of amides is 1. The Kier molecular flexibility index (Phi) is 7.00. The van der Waals surface area contributed by atoms with Gasteiger partial charge in [0.1, 0.15) is 0 Å². The van der Waals surface area contributed by atoms with E-state index in [0.717, 1.165) is 77.2 Å². The Morgan fingerprint density at radius 1 is 0.711 bits per heavy atom. The summed E-state index contributed by atoms with van der Waals surface area (Å²) in [6, 6.07) is 21.6. The van der Waals surface area contributed by atoms with Crippen LogP contribution in [0.25, 0.3) is 28.1 Å². The second-order valence-corrected chi connectivity index (χ2v) is 11.3.